The molecular weight excluding hydrogens is 257 g/mol. The first-order valence-corrected chi connectivity index (χ1v) is 6.68. The number of aromatic amines is 1. The number of nitrogens with zero attached hydrogens (tertiary/aromatic N) is 1. The van der Waals surface area contributed by atoms with Gasteiger partial charge in [-0.25, -0.2) is 12.8 Å². The predicted molar refractivity (Wildman–Crippen MR) is 65.3 cm³/mol. The smallest absolute Gasteiger partial charge is 0.265 e. The molecule has 0 aliphatic carbocycles. The summed E-state index contributed by atoms with van der Waals surface area (Å²) in [6.45, 7) is 3.21. The number of sulfonamides is 1. The number of aryl methyl sites for hydroxylation is 2. The Morgan fingerprint density at radius 1 is 1.33 bits per heavy atom. The second-order valence-corrected chi connectivity index (χ2v) is 5.55. The molecule has 0 radical (unpaired) electrons. The topological polar surface area (TPSA) is 74.8 Å². The molecule has 0 aliphatic rings. The maximum absolute atomic E-state index is 13.6. The lowest BCUT2D eigenvalue weighted by molar-refractivity contribution is 0.598. The van der Waals surface area contributed by atoms with E-state index in [0.29, 0.717) is 11.3 Å². The largest absolute Gasteiger partial charge is 0.281 e. The zero-order valence-corrected chi connectivity index (χ0v) is 10.7. The van der Waals surface area contributed by atoms with Crippen LogP contribution in [-0.2, 0) is 10.0 Å². The fourth-order valence-electron chi connectivity index (χ4n) is 1.56. The summed E-state index contributed by atoms with van der Waals surface area (Å²) in [6.07, 6.45) is 1.19. The van der Waals surface area contributed by atoms with Crippen molar-refractivity contribution in [3.63, 3.8) is 0 Å². The molecule has 0 aliphatic heterocycles. The number of hydrogen-bond donors (Lipinski definition) is 2. The number of para-hydroxylation sites is 1. The summed E-state index contributed by atoms with van der Waals surface area (Å²) in [7, 11) is -3.83. The van der Waals surface area contributed by atoms with Gasteiger partial charge in [-0.1, -0.05) is 12.1 Å². The molecule has 1 heterocycles. The highest BCUT2D eigenvalue weighted by Gasteiger charge is 2.20. The van der Waals surface area contributed by atoms with Crippen molar-refractivity contribution < 1.29 is 12.8 Å². The molecule has 0 bridgehead atoms. The Balaban J connectivity index is 2.44. The van der Waals surface area contributed by atoms with Crippen LogP contribution >= 0.6 is 0 Å². The van der Waals surface area contributed by atoms with E-state index in [9.17, 15) is 12.8 Å². The normalized spacial score (nSPS) is 11.5. The quantitative estimate of drug-likeness (QED) is 0.894. The van der Waals surface area contributed by atoms with Crippen LogP contribution in [0.5, 0.6) is 0 Å². The molecule has 0 saturated heterocycles. The summed E-state index contributed by atoms with van der Waals surface area (Å²) >= 11 is 0. The molecule has 0 fully saturated rings. The number of rotatable bonds is 3. The minimum Gasteiger partial charge on any atom is -0.281 e. The van der Waals surface area contributed by atoms with Crippen LogP contribution in [0.15, 0.2) is 29.3 Å². The monoisotopic (exact) mass is 269 g/mol. The molecule has 0 saturated carbocycles. The lowest BCUT2D eigenvalue weighted by Crippen LogP contribution is -2.15. The average Bonchev–Trinajstić information content (AvgIpc) is 2.71. The van der Waals surface area contributed by atoms with Crippen molar-refractivity contribution >= 4 is 15.7 Å². The molecule has 5 nitrogen and oxygen atoms in total. The first kappa shape index (κ1) is 12.6. The van der Waals surface area contributed by atoms with Crippen LogP contribution in [0, 0.1) is 19.7 Å². The third-order valence-corrected chi connectivity index (χ3v) is 4.00. The molecule has 2 N–H and O–H groups in total. The van der Waals surface area contributed by atoms with Crippen molar-refractivity contribution in [2.45, 2.75) is 18.7 Å². The number of anilines is 1. The third-order valence-electron chi connectivity index (χ3n) is 2.53. The van der Waals surface area contributed by atoms with E-state index >= 15 is 0 Å². The Hall–Kier alpha value is -1.89. The van der Waals surface area contributed by atoms with Crippen LogP contribution in [0.2, 0.25) is 0 Å². The van der Waals surface area contributed by atoms with Gasteiger partial charge < -0.3 is 0 Å². The number of halogens is 1. The summed E-state index contributed by atoms with van der Waals surface area (Å²) in [6, 6.07) is 4.35. The summed E-state index contributed by atoms with van der Waals surface area (Å²) in [4.78, 5) is 0.00477. The van der Waals surface area contributed by atoms with Gasteiger partial charge in [-0.3, -0.25) is 9.82 Å². The highest BCUT2D eigenvalue weighted by molar-refractivity contribution is 7.92. The average molecular weight is 269 g/mol. The second kappa shape index (κ2) is 4.41. The van der Waals surface area contributed by atoms with Gasteiger partial charge in [-0.15, -0.1) is 0 Å². The van der Waals surface area contributed by atoms with E-state index in [0.717, 1.165) is 0 Å². The van der Waals surface area contributed by atoms with Gasteiger partial charge >= 0.3 is 0 Å². The van der Waals surface area contributed by atoms with E-state index in [4.69, 9.17) is 0 Å². The predicted octanol–water partition coefficient (Wildman–Crippen LogP) is 1.97. The Labute approximate surface area is 104 Å². The van der Waals surface area contributed by atoms with Gasteiger partial charge in [0.05, 0.1) is 17.6 Å². The lowest BCUT2D eigenvalue weighted by Gasteiger charge is -2.10. The van der Waals surface area contributed by atoms with Gasteiger partial charge in [0.2, 0.25) is 0 Å². The van der Waals surface area contributed by atoms with Crippen LogP contribution in [0.3, 0.4) is 0 Å². The van der Waals surface area contributed by atoms with Crippen LogP contribution < -0.4 is 4.72 Å². The van der Waals surface area contributed by atoms with E-state index in [1.165, 1.54) is 18.3 Å². The Kier molecular flexibility index (Phi) is 3.08. The van der Waals surface area contributed by atoms with Crippen molar-refractivity contribution in [1.29, 1.82) is 0 Å². The van der Waals surface area contributed by atoms with Crippen molar-refractivity contribution in [2.75, 3.05) is 4.72 Å². The molecule has 18 heavy (non-hydrogen) atoms. The third kappa shape index (κ3) is 2.21. The second-order valence-electron chi connectivity index (χ2n) is 3.90. The number of benzene rings is 1. The van der Waals surface area contributed by atoms with E-state index in [1.807, 2.05) is 0 Å². The van der Waals surface area contributed by atoms with E-state index in [1.54, 1.807) is 19.9 Å². The van der Waals surface area contributed by atoms with E-state index in [-0.39, 0.29) is 10.6 Å². The minimum atomic E-state index is -3.83. The summed E-state index contributed by atoms with van der Waals surface area (Å²) in [5, 5.41) is 6.16. The van der Waals surface area contributed by atoms with Gasteiger partial charge in [0, 0.05) is 0 Å². The highest BCUT2D eigenvalue weighted by Crippen LogP contribution is 2.23. The number of H-pyrrole nitrogens is 1. The Morgan fingerprint density at radius 2 is 2.06 bits per heavy atom. The lowest BCUT2D eigenvalue weighted by atomic mass is 10.2. The minimum absolute atomic E-state index is 0.00477. The number of hydrogen-bond acceptors (Lipinski definition) is 3. The maximum atomic E-state index is 13.6. The maximum Gasteiger partial charge on any atom is 0.265 e. The molecule has 1 aromatic carbocycles. The van der Waals surface area contributed by atoms with E-state index in [2.05, 4.69) is 14.9 Å². The first-order chi connectivity index (χ1) is 8.42. The zero-order valence-electron chi connectivity index (χ0n) is 9.86. The fraction of sp³-hybridized carbons (Fsp3) is 0.182. The van der Waals surface area contributed by atoms with Crippen molar-refractivity contribution in [1.82, 2.24) is 10.2 Å². The van der Waals surface area contributed by atoms with Crippen LogP contribution in [0.4, 0.5) is 10.1 Å². The Bertz CT molecular complexity index is 659. The zero-order chi connectivity index (χ0) is 13.3. The van der Waals surface area contributed by atoms with E-state index < -0.39 is 15.8 Å². The molecule has 0 atom stereocenters. The van der Waals surface area contributed by atoms with Crippen molar-refractivity contribution in [3.05, 3.63) is 41.5 Å². The highest BCUT2D eigenvalue weighted by atomic mass is 32.2. The molecule has 0 spiro atoms. The fourth-order valence-corrected chi connectivity index (χ4v) is 2.84. The summed E-state index contributed by atoms with van der Waals surface area (Å²) in [5.74, 6) is -0.611. The van der Waals surface area contributed by atoms with Crippen LogP contribution in [-0.4, -0.2) is 18.6 Å². The molecule has 0 amide bonds. The van der Waals surface area contributed by atoms with Crippen LogP contribution in [0.1, 0.15) is 11.3 Å². The van der Waals surface area contributed by atoms with Crippen LogP contribution in [0.25, 0.3) is 0 Å². The molecule has 96 valence electrons. The molecule has 1 aromatic heterocycles. The Morgan fingerprint density at radius 3 is 2.61 bits per heavy atom. The number of aromatic nitrogens is 2. The van der Waals surface area contributed by atoms with Gasteiger partial charge in [0.15, 0.2) is 0 Å². The van der Waals surface area contributed by atoms with Gasteiger partial charge in [-0.05, 0) is 25.5 Å². The SMILES string of the molecule is Cc1cccc(F)c1NS(=O)(=O)c1cn[nH]c1C. The molecule has 2 rings (SSSR count). The summed E-state index contributed by atoms with van der Waals surface area (Å²) in [5.41, 5.74) is 0.870. The first-order valence-electron chi connectivity index (χ1n) is 5.20. The van der Waals surface area contributed by atoms with Gasteiger partial charge in [0.1, 0.15) is 10.7 Å². The summed E-state index contributed by atoms with van der Waals surface area (Å²) < 4.78 is 39.9. The molecule has 7 heteroatoms. The number of nitrogens with one attached hydrogen (secondary N) is 2. The van der Waals surface area contributed by atoms with Gasteiger partial charge in [0.25, 0.3) is 10.0 Å². The standard InChI is InChI=1S/C11H12FN3O2S/c1-7-4-3-5-9(12)11(7)15-18(16,17)10-6-13-14-8(10)2/h3-6,15H,1-2H3,(H,13,14). The molecule has 2 aromatic rings. The van der Waals surface area contributed by atoms with Gasteiger partial charge in [-0.2, -0.15) is 5.10 Å². The van der Waals surface area contributed by atoms with Crippen molar-refractivity contribution in [2.24, 2.45) is 0 Å². The van der Waals surface area contributed by atoms with Crippen molar-refractivity contribution in [3.8, 4) is 0 Å². The molecular formula is C11H12FN3O2S. The molecule has 0 unspecified atom stereocenters.